The van der Waals surface area contributed by atoms with Gasteiger partial charge in [-0.15, -0.1) is 0 Å². The first-order chi connectivity index (χ1) is 5.27. The van der Waals surface area contributed by atoms with Crippen molar-refractivity contribution >= 4 is 11.3 Å². The molecule has 0 saturated heterocycles. The molecule has 0 fully saturated rings. The first kappa shape index (κ1) is 6.21. The van der Waals surface area contributed by atoms with Crippen molar-refractivity contribution in [3.8, 4) is 0 Å². The molecule has 2 rings (SSSR count). The number of rotatable bonds is 0. The van der Waals surface area contributed by atoms with Crippen molar-refractivity contribution in [3.63, 3.8) is 0 Å². The van der Waals surface area contributed by atoms with E-state index in [0.29, 0.717) is 11.3 Å². The van der Waals surface area contributed by atoms with Crippen LogP contribution >= 0.6 is 0 Å². The van der Waals surface area contributed by atoms with Gasteiger partial charge in [-0.25, -0.2) is 14.6 Å². The van der Waals surface area contributed by atoms with E-state index in [1.165, 1.54) is 0 Å². The van der Waals surface area contributed by atoms with Gasteiger partial charge in [0.2, 0.25) is 11.3 Å². The molecule has 2 heterocycles. The van der Waals surface area contributed by atoms with Crippen molar-refractivity contribution < 1.29 is 4.63 Å². The molecule has 11 heavy (non-hydrogen) atoms. The van der Waals surface area contributed by atoms with Gasteiger partial charge in [-0.3, -0.25) is 0 Å². The van der Waals surface area contributed by atoms with Crippen LogP contribution in [0.3, 0.4) is 0 Å². The number of hydrogen-bond donors (Lipinski definition) is 0. The minimum Gasteiger partial charge on any atom is -0.240 e. The smallest absolute Gasteiger partial charge is 0.240 e. The van der Waals surface area contributed by atoms with Crippen molar-refractivity contribution in [1.82, 2.24) is 20.3 Å². The summed E-state index contributed by atoms with van der Waals surface area (Å²) in [6.45, 7) is 3.74. The Kier molecular flexibility index (Phi) is 1.12. The second-order valence-corrected chi connectivity index (χ2v) is 2.31. The Hall–Kier alpha value is -1.52. The van der Waals surface area contributed by atoms with E-state index in [2.05, 4.69) is 24.9 Å². The van der Waals surface area contributed by atoms with Gasteiger partial charge >= 0.3 is 0 Å². The maximum Gasteiger partial charge on any atom is 0.243 e. The van der Waals surface area contributed by atoms with Crippen LogP contribution in [0.15, 0.2) is 4.63 Å². The van der Waals surface area contributed by atoms with Crippen LogP contribution < -0.4 is 0 Å². The summed E-state index contributed by atoms with van der Waals surface area (Å²) >= 11 is 0. The minimum atomic E-state index is 0.466. The van der Waals surface area contributed by atoms with E-state index in [4.69, 9.17) is 0 Å². The maximum atomic E-state index is 4.45. The lowest BCUT2D eigenvalue weighted by molar-refractivity contribution is 0.314. The molecule has 0 aliphatic heterocycles. The summed E-state index contributed by atoms with van der Waals surface area (Å²) in [6, 6.07) is 0. The van der Waals surface area contributed by atoms with Crippen LogP contribution in [0.1, 0.15) is 11.4 Å². The molecule has 0 atom stereocenters. The van der Waals surface area contributed by atoms with Crippen LogP contribution in [0.2, 0.25) is 0 Å². The zero-order valence-corrected chi connectivity index (χ0v) is 6.20. The summed E-state index contributed by atoms with van der Waals surface area (Å²) in [4.78, 5) is 8.21. The first-order valence-electron chi connectivity index (χ1n) is 3.21. The average Bonchev–Trinajstić information content (AvgIpc) is 2.36. The Labute approximate surface area is 62.4 Å². The Morgan fingerprint density at radius 1 is 0.909 bits per heavy atom. The van der Waals surface area contributed by atoms with Crippen molar-refractivity contribution in [3.05, 3.63) is 11.4 Å². The molecule has 5 heteroatoms. The molecule has 0 aliphatic rings. The fourth-order valence-electron chi connectivity index (χ4n) is 0.800. The monoisotopic (exact) mass is 150 g/mol. The average molecular weight is 150 g/mol. The highest BCUT2D eigenvalue weighted by Crippen LogP contribution is 2.06. The SMILES string of the molecule is Cc1nc2nonc2nc1C. The van der Waals surface area contributed by atoms with Crippen LogP contribution in [-0.2, 0) is 0 Å². The Balaban J connectivity index is 2.86. The lowest BCUT2D eigenvalue weighted by atomic mass is 10.3. The molecule has 5 nitrogen and oxygen atoms in total. The molecule has 0 spiro atoms. The molecule has 0 unspecified atom stereocenters. The van der Waals surface area contributed by atoms with Gasteiger partial charge in [-0.1, -0.05) is 0 Å². The van der Waals surface area contributed by atoms with Crippen LogP contribution in [-0.4, -0.2) is 20.3 Å². The van der Waals surface area contributed by atoms with Gasteiger partial charge in [0, 0.05) is 0 Å². The van der Waals surface area contributed by atoms with Gasteiger partial charge in [-0.05, 0) is 24.2 Å². The highest BCUT2D eigenvalue weighted by molar-refractivity contribution is 5.62. The molecule has 0 N–H and O–H groups in total. The maximum absolute atomic E-state index is 4.45. The highest BCUT2D eigenvalue weighted by Gasteiger charge is 2.04. The van der Waals surface area contributed by atoms with Crippen molar-refractivity contribution in [2.75, 3.05) is 0 Å². The molecule has 0 aromatic carbocycles. The van der Waals surface area contributed by atoms with Crippen molar-refractivity contribution in [2.45, 2.75) is 13.8 Å². The predicted molar refractivity (Wildman–Crippen MR) is 36.9 cm³/mol. The quantitative estimate of drug-likeness (QED) is 0.551. The summed E-state index contributed by atoms with van der Waals surface area (Å²) < 4.78 is 4.45. The fraction of sp³-hybridized carbons (Fsp3) is 0.333. The first-order valence-corrected chi connectivity index (χ1v) is 3.21. The Morgan fingerprint density at radius 2 is 1.36 bits per heavy atom. The summed E-state index contributed by atoms with van der Waals surface area (Å²) in [5.74, 6) is 0. The van der Waals surface area contributed by atoms with E-state index >= 15 is 0 Å². The molecule has 56 valence electrons. The third kappa shape index (κ3) is 0.849. The second-order valence-electron chi connectivity index (χ2n) is 2.31. The summed E-state index contributed by atoms with van der Waals surface area (Å²) in [7, 11) is 0. The van der Waals surface area contributed by atoms with Gasteiger partial charge in [0.05, 0.1) is 11.4 Å². The molecule has 0 amide bonds. The second kappa shape index (κ2) is 1.98. The highest BCUT2D eigenvalue weighted by atomic mass is 16.6. The Morgan fingerprint density at radius 3 is 1.82 bits per heavy atom. The van der Waals surface area contributed by atoms with Gasteiger partial charge in [0.25, 0.3) is 0 Å². The fourth-order valence-corrected chi connectivity index (χ4v) is 0.800. The molecule has 2 aromatic rings. The number of aromatic nitrogens is 4. The molecule has 0 saturated carbocycles. The van der Waals surface area contributed by atoms with Gasteiger partial charge < -0.3 is 0 Å². The third-order valence-electron chi connectivity index (χ3n) is 1.53. The number of aryl methyl sites for hydroxylation is 2. The van der Waals surface area contributed by atoms with Crippen LogP contribution in [0.4, 0.5) is 0 Å². The number of nitrogens with zero attached hydrogens (tertiary/aromatic N) is 4. The third-order valence-corrected chi connectivity index (χ3v) is 1.53. The largest absolute Gasteiger partial charge is 0.243 e. The van der Waals surface area contributed by atoms with Crippen molar-refractivity contribution in [2.24, 2.45) is 0 Å². The van der Waals surface area contributed by atoms with Crippen LogP contribution in [0.25, 0.3) is 11.3 Å². The molecule has 0 bridgehead atoms. The molecular weight excluding hydrogens is 144 g/mol. The number of hydrogen-bond acceptors (Lipinski definition) is 5. The predicted octanol–water partition coefficient (Wildman–Crippen LogP) is 0.630. The topological polar surface area (TPSA) is 64.7 Å². The molecule has 0 aliphatic carbocycles. The van der Waals surface area contributed by atoms with Crippen molar-refractivity contribution in [1.29, 1.82) is 0 Å². The summed E-state index contributed by atoms with van der Waals surface area (Å²) in [6.07, 6.45) is 0. The van der Waals surface area contributed by atoms with Gasteiger partial charge in [0.1, 0.15) is 0 Å². The van der Waals surface area contributed by atoms with Gasteiger partial charge in [-0.2, -0.15) is 0 Å². The zero-order valence-electron chi connectivity index (χ0n) is 6.20. The molecule has 2 aromatic heterocycles. The van der Waals surface area contributed by atoms with Gasteiger partial charge in [0.15, 0.2) is 0 Å². The Bertz CT molecular complexity index is 358. The van der Waals surface area contributed by atoms with Crippen LogP contribution in [0.5, 0.6) is 0 Å². The molecular formula is C6H6N4O. The summed E-state index contributed by atoms with van der Waals surface area (Å²) in [5, 5.41) is 7.12. The summed E-state index contributed by atoms with van der Waals surface area (Å²) in [5.41, 5.74) is 2.64. The van der Waals surface area contributed by atoms with E-state index in [1.54, 1.807) is 0 Å². The van der Waals surface area contributed by atoms with E-state index in [-0.39, 0.29) is 0 Å². The van der Waals surface area contributed by atoms with E-state index in [1.807, 2.05) is 13.8 Å². The lowest BCUT2D eigenvalue weighted by Crippen LogP contribution is -1.91. The lowest BCUT2D eigenvalue weighted by Gasteiger charge is -1.92. The van der Waals surface area contributed by atoms with E-state index in [0.717, 1.165) is 11.4 Å². The number of fused-ring (bicyclic) bond motifs is 1. The van der Waals surface area contributed by atoms with Crippen LogP contribution in [0, 0.1) is 13.8 Å². The standard InChI is InChI=1S/C6H6N4O/c1-3-4(2)8-6-5(7-3)9-11-10-6/h1-2H3. The normalized spacial score (nSPS) is 10.7. The zero-order chi connectivity index (χ0) is 7.84. The van der Waals surface area contributed by atoms with E-state index < -0.39 is 0 Å². The van der Waals surface area contributed by atoms with E-state index in [9.17, 15) is 0 Å². The molecule has 0 radical (unpaired) electrons. The minimum absolute atomic E-state index is 0.466.